The minimum atomic E-state index is -0.452. The minimum absolute atomic E-state index is 0.0155. The molecule has 0 unspecified atom stereocenters. The van der Waals surface area contributed by atoms with E-state index < -0.39 is 5.78 Å². The Morgan fingerprint density at radius 2 is 1.56 bits per heavy atom. The number of halogens is 1. The van der Waals surface area contributed by atoms with Crippen LogP contribution in [-0.2, 0) is 18.9 Å². The van der Waals surface area contributed by atoms with Gasteiger partial charge in [0.15, 0.2) is 19.4 Å². The largest absolute Gasteiger partial charge is 0.507 e. The molecule has 0 aromatic heterocycles. The molecule has 2 aromatic rings. The van der Waals surface area contributed by atoms with Crippen molar-refractivity contribution in [2.24, 2.45) is 0 Å². The lowest BCUT2D eigenvalue weighted by atomic mass is 10.1. The second-order valence-electron chi connectivity index (χ2n) is 6.39. The topological polar surface area (TPSA) is 92.7 Å². The third-order valence-electron chi connectivity index (χ3n) is 4.07. The molecule has 0 fully saturated rings. The van der Waals surface area contributed by atoms with Gasteiger partial charge in [-0.3, -0.25) is 4.79 Å². The summed E-state index contributed by atoms with van der Waals surface area (Å²) in [7, 11) is 3.12. The molecule has 0 atom stereocenters. The molecule has 0 saturated heterocycles. The number of phenolic OH excluding ortho intramolecular Hbond substituents is 1. The third-order valence-corrected chi connectivity index (χ3v) is 4.32. The van der Waals surface area contributed by atoms with Crippen LogP contribution in [0.15, 0.2) is 42.5 Å². The second kappa shape index (κ2) is 14.4. The first-order valence-electron chi connectivity index (χ1n) is 9.79. The normalized spacial score (nSPS) is 11.1. The molecule has 0 heterocycles. The molecule has 0 saturated carbocycles. The van der Waals surface area contributed by atoms with Gasteiger partial charge in [-0.15, -0.1) is 0 Å². The average Bonchev–Trinajstić information content (AvgIpc) is 2.78. The van der Waals surface area contributed by atoms with E-state index in [1.807, 2.05) is 0 Å². The number of rotatable bonds is 15. The highest BCUT2D eigenvalue weighted by Gasteiger charge is 2.18. The van der Waals surface area contributed by atoms with Crippen LogP contribution in [-0.4, -0.2) is 65.1 Å². The Bertz CT molecular complexity index is 867. The van der Waals surface area contributed by atoms with Crippen molar-refractivity contribution in [3.05, 3.63) is 58.6 Å². The van der Waals surface area contributed by atoms with Crippen LogP contribution in [0.25, 0.3) is 6.08 Å². The van der Waals surface area contributed by atoms with Crippen molar-refractivity contribution < 1.29 is 38.3 Å². The SMILES string of the molecule is COCCOCOc1cc(O)c(C(=O)C=Cc2ccc(Cl)cc2)c(OCOCCOC)c1. The Hall–Kier alpha value is -2.62. The van der Waals surface area contributed by atoms with Gasteiger partial charge in [-0.25, -0.2) is 0 Å². The van der Waals surface area contributed by atoms with Gasteiger partial charge in [0.25, 0.3) is 0 Å². The highest BCUT2D eigenvalue weighted by Crippen LogP contribution is 2.34. The number of allylic oxidation sites excluding steroid dienone is 1. The van der Waals surface area contributed by atoms with Crippen LogP contribution < -0.4 is 9.47 Å². The number of carbonyl (C=O) groups is 1. The zero-order valence-electron chi connectivity index (χ0n) is 18.0. The predicted molar refractivity (Wildman–Crippen MR) is 120 cm³/mol. The Morgan fingerprint density at radius 3 is 2.19 bits per heavy atom. The quantitative estimate of drug-likeness (QED) is 0.182. The summed E-state index contributed by atoms with van der Waals surface area (Å²) in [5, 5.41) is 11.1. The van der Waals surface area contributed by atoms with Crippen LogP contribution in [0.5, 0.6) is 17.2 Å². The monoisotopic (exact) mass is 466 g/mol. The number of aromatic hydroxyl groups is 1. The Morgan fingerprint density at radius 1 is 0.938 bits per heavy atom. The Kier molecular flexibility index (Phi) is 11.6. The first kappa shape index (κ1) is 25.6. The van der Waals surface area contributed by atoms with E-state index in [1.165, 1.54) is 18.2 Å². The lowest BCUT2D eigenvalue weighted by molar-refractivity contribution is -0.0119. The van der Waals surface area contributed by atoms with Gasteiger partial charge in [-0.1, -0.05) is 29.8 Å². The highest BCUT2D eigenvalue weighted by atomic mass is 35.5. The Balaban J connectivity index is 2.15. The minimum Gasteiger partial charge on any atom is -0.507 e. The molecular formula is C23H27ClO8. The van der Waals surface area contributed by atoms with E-state index >= 15 is 0 Å². The maximum Gasteiger partial charge on any atom is 0.193 e. The van der Waals surface area contributed by atoms with E-state index in [9.17, 15) is 9.90 Å². The number of carbonyl (C=O) groups excluding carboxylic acids is 1. The molecule has 0 aliphatic heterocycles. The standard InChI is InChI=1S/C23H27ClO8/c1-27-9-11-29-15-31-19-13-21(26)23(22(14-19)32-16-30-12-10-28-2)20(25)8-5-17-3-6-18(24)7-4-17/h3-8,13-14,26H,9-12,15-16H2,1-2H3. The summed E-state index contributed by atoms with van der Waals surface area (Å²) in [5.41, 5.74) is 0.763. The van der Waals surface area contributed by atoms with Crippen molar-refractivity contribution in [1.82, 2.24) is 0 Å². The molecule has 0 aliphatic carbocycles. The number of benzene rings is 2. The molecular weight excluding hydrogens is 440 g/mol. The molecule has 2 aromatic carbocycles. The molecule has 1 N–H and O–H groups in total. The van der Waals surface area contributed by atoms with Gasteiger partial charge in [0.1, 0.15) is 22.8 Å². The van der Waals surface area contributed by atoms with Crippen molar-refractivity contribution >= 4 is 23.5 Å². The summed E-state index contributed by atoms with van der Waals surface area (Å²) in [6.45, 7) is 1.28. The molecule has 174 valence electrons. The van der Waals surface area contributed by atoms with Gasteiger partial charge in [0.05, 0.1) is 26.4 Å². The fraction of sp³-hybridized carbons (Fsp3) is 0.348. The maximum atomic E-state index is 12.8. The number of ketones is 1. The smallest absolute Gasteiger partial charge is 0.193 e. The van der Waals surface area contributed by atoms with Crippen LogP contribution in [0.4, 0.5) is 0 Å². The van der Waals surface area contributed by atoms with Gasteiger partial charge in [0, 0.05) is 31.4 Å². The van der Waals surface area contributed by atoms with E-state index in [0.717, 1.165) is 5.56 Å². The van der Waals surface area contributed by atoms with E-state index in [1.54, 1.807) is 44.6 Å². The van der Waals surface area contributed by atoms with E-state index in [4.69, 9.17) is 40.0 Å². The number of methoxy groups -OCH3 is 2. The highest BCUT2D eigenvalue weighted by molar-refractivity contribution is 6.30. The zero-order valence-corrected chi connectivity index (χ0v) is 18.8. The summed E-state index contributed by atoms with van der Waals surface area (Å²) in [6.07, 6.45) is 2.95. The fourth-order valence-corrected chi connectivity index (χ4v) is 2.59. The zero-order chi connectivity index (χ0) is 23.2. The van der Waals surface area contributed by atoms with Gasteiger partial charge in [-0.2, -0.15) is 0 Å². The molecule has 0 aliphatic rings. The first-order valence-corrected chi connectivity index (χ1v) is 10.2. The van der Waals surface area contributed by atoms with Crippen LogP contribution in [0.3, 0.4) is 0 Å². The lowest BCUT2D eigenvalue weighted by Gasteiger charge is -2.14. The van der Waals surface area contributed by atoms with Gasteiger partial charge < -0.3 is 33.5 Å². The van der Waals surface area contributed by atoms with Crippen molar-refractivity contribution in [3.8, 4) is 17.2 Å². The molecule has 2 rings (SSSR count). The molecule has 0 radical (unpaired) electrons. The lowest BCUT2D eigenvalue weighted by Crippen LogP contribution is -2.11. The van der Waals surface area contributed by atoms with Crippen LogP contribution in [0, 0.1) is 0 Å². The summed E-state index contributed by atoms with van der Waals surface area (Å²) < 4.78 is 31.4. The summed E-state index contributed by atoms with van der Waals surface area (Å²) in [6, 6.07) is 9.79. The molecule has 0 bridgehead atoms. The second-order valence-corrected chi connectivity index (χ2v) is 6.83. The molecule has 0 amide bonds. The molecule has 8 nitrogen and oxygen atoms in total. The first-order chi connectivity index (χ1) is 15.5. The maximum absolute atomic E-state index is 12.8. The van der Waals surface area contributed by atoms with E-state index in [2.05, 4.69) is 0 Å². The van der Waals surface area contributed by atoms with Crippen LogP contribution >= 0.6 is 11.6 Å². The third kappa shape index (κ3) is 8.86. The number of hydrogen-bond donors (Lipinski definition) is 1. The Labute approximate surface area is 192 Å². The van der Waals surface area contributed by atoms with Gasteiger partial charge in [-0.05, 0) is 23.8 Å². The van der Waals surface area contributed by atoms with Crippen LogP contribution in [0.1, 0.15) is 15.9 Å². The summed E-state index contributed by atoms with van der Waals surface area (Å²) in [4.78, 5) is 12.8. The molecule has 9 heteroatoms. The molecule has 0 spiro atoms. The predicted octanol–water partition coefficient (Wildman–Crippen LogP) is 3.94. The number of phenols is 1. The van der Waals surface area contributed by atoms with E-state index in [-0.39, 0.29) is 36.4 Å². The summed E-state index contributed by atoms with van der Waals surface area (Å²) in [5.74, 6) is -0.366. The number of ether oxygens (including phenoxy) is 6. The van der Waals surface area contributed by atoms with Crippen molar-refractivity contribution in [2.45, 2.75) is 0 Å². The van der Waals surface area contributed by atoms with Crippen molar-refractivity contribution in [2.75, 3.05) is 54.2 Å². The number of hydrogen-bond acceptors (Lipinski definition) is 8. The molecule has 32 heavy (non-hydrogen) atoms. The van der Waals surface area contributed by atoms with Crippen LogP contribution in [0.2, 0.25) is 5.02 Å². The fourth-order valence-electron chi connectivity index (χ4n) is 2.47. The average molecular weight is 467 g/mol. The summed E-state index contributed by atoms with van der Waals surface area (Å²) >= 11 is 5.88. The van der Waals surface area contributed by atoms with Gasteiger partial charge >= 0.3 is 0 Å². The van der Waals surface area contributed by atoms with Crippen molar-refractivity contribution in [3.63, 3.8) is 0 Å². The van der Waals surface area contributed by atoms with Crippen molar-refractivity contribution in [1.29, 1.82) is 0 Å². The van der Waals surface area contributed by atoms with Gasteiger partial charge in [0.2, 0.25) is 0 Å². The van der Waals surface area contributed by atoms with E-state index in [0.29, 0.717) is 31.5 Å².